The van der Waals surface area contributed by atoms with Crippen molar-refractivity contribution in [2.75, 3.05) is 6.54 Å². The second-order valence-corrected chi connectivity index (χ2v) is 5.79. The molecule has 94 valence electrons. The Morgan fingerprint density at radius 1 is 1.35 bits per heavy atom. The Bertz CT molecular complexity index is 374. The third-order valence-electron chi connectivity index (χ3n) is 2.53. The molecule has 3 nitrogen and oxygen atoms in total. The van der Waals surface area contributed by atoms with Gasteiger partial charge in [0.25, 0.3) is 5.91 Å². The van der Waals surface area contributed by atoms with Crippen LogP contribution in [0.5, 0.6) is 0 Å². The monoisotopic (exact) mass is 234 g/mol. The van der Waals surface area contributed by atoms with Crippen molar-refractivity contribution in [3.63, 3.8) is 0 Å². The standard InChI is InChI=1S/C14H22N2O/c1-10(2)8-16-13(17)12-7-6-11(9-15-12)14(3,4)5/h6-7,9-10H,8H2,1-5H3,(H,16,17). The van der Waals surface area contributed by atoms with E-state index in [0.29, 0.717) is 18.2 Å². The van der Waals surface area contributed by atoms with E-state index >= 15 is 0 Å². The molecule has 0 fully saturated rings. The zero-order chi connectivity index (χ0) is 13.1. The first-order chi connectivity index (χ1) is 7.80. The molecule has 0 aliphatic heterocycles. The second kappa shape index (κ2) is 5.30. The molecular weight excluding hydrogens is 212 g/mol. The summed E-state index contributed by atoms with van der Waals surface area (Å²) in [5.41, 5.74) is 1.69. The number of pyridine rings is 1. The van der Waals surface area contributed by atoms with Gasteiger partial charge < -0.3 is 5.32 Å². The van der Waals surface area contributed by atoms with Crippen LogP contribution >= 0.6 is 0 Å². The van der Waals surface area contributed by atoms with Gasteiger partial charge in [-0.15, -0.1) is 0 Å². The number of carbonyl (C=O) groups excluding carboxylic acids is 1. The molecular formula is C14H22N2O. The smallest absolute Gasteiger partial charge is 0.269 e. The molecule has 1 rings (SSSR count). The molecule has 17 heavy (non-hydrogen) atoms. The van der Waals surface area contributed by atoms with Gasteiger partial charge in [-0.25, -0.2) is 0 Å². The van der Waals surface area contributed by atoms with E-state index in [1.165, 1.54) is 0 Å². The van der Waals surface area contributed by atoms with Gasteiger partial charge in [-0.3, -0.25) is 9.78 Å². The summed E-state index contributed by atoms with van der Waals surface area (Å²) in [6.07, 6.45) is 1.78. The van der Waals surface area contributed by atoms with Crippen molar-refractivity contribution in [1.29, 1.82) is 0 Å². The van der Waals surface area contributed by atoms with E-state index in [-0.39, 0.29) is 11.3 Å². The van der Waals surface area contributed by atoms with E-state index in [9.17, 15) is 4.79 Å². The largest absolute Gasteiger partial charge is 0.350 e. The molecule has 1 N–H and O–H groups in total. The normalized spacial score (nSPS) is 11.6. The first-order valence-electron chi connectivity index (χ1n) is 6.05. The summed E-state index contributed by atoms with van der Waals surface area (Å²) in [5, 5.41) is 2.86. The van der Waals surface area contributed by atoms with E-state index in [4.69, 9.17) is 0 Å². The van der Waals surface area contributed by atoms with Crippen molar-refractivity contribution in [2.24, 2.45) is 5.92 Å². The lowest BCUT2D eigenvalue weighted by Gasteiger charge is -2.18. The number of hydrogen-bond acceptors (Lipinski definition) is 2. The van der Waals surface area contributed by atoms with Crippen molar-refractivity contribution >= 4 is 5.91 Å². The number of nitrogens with one attached hydrogen (secondary N) is 1. The maximum Gasteiger partial charge on any atom is 0.269 e. The first kappa shape index (κ1) is 13.7. The van der Waals surface area contributed by atoms with Crippen LogP contribution in [0.1, 0.15) is 50.7 Å². The number of amides is 1. The van der Waals surface area contributed by atoms with Crippen LogP contribution < -0.4 is 5.32 Å². The number of rotatable bonds is 3. The predicted molar refractivity (Wildman–Crippen MR) is 70.1 cm³/mol. The van der Waals surface area contributed by atoms with Crippen LogP contribution in [-0.2, 0) is 5.41 Å². The van der Waals surface area contributed by atoms with Gasteiger partial charge in [0.1, 0.15) is 5.69 Å². The fourth-order valence-corrected chi connectivity index (χ4v) is 1.36. The molecule has 0 aliphatic rings. The molecule has 0 unspecified atom stereocenters. The summed E-state index contributed by atoms with van der Waals surface area (Å²) < 4.78 is 0. The summed E-state index contributed by atoms with van der Waals surface area (Å²) in [4.78, 5) is 15.9. The van der Waals surface area contributed by atoms with E-state index in [0.717, 1.165) is 5.56 Å². The average molecular weight is 234 g/mol. The van der Waals surface area contributed by atoms with E-state index < -0.39 is 0 Å². The average Bonchev–Trinajstić information content (AvgIpc) is 2.25. The van der Waals surface area contributed by atoms with E-state index in [2.05, 4.69) is 44.9 Å². The van der Waals surface area contributed by atoms with Crippen LogP contribution in [0.15, 0.2) is 18.3 Å². The molecule has 0 radical (unpaired) electrons. The quantitative estimate of drug-likeness (QED) is 0.873. The third kappa shape index (κ3) is 4.17. The SMILES string of the molecule is CC(C)CNC(=O)c1ccc(C(C)(C)C)cn1. The van der Waals surface area contributed by atoms with Gasteiger partial charge in [0.05, 0.1) is 0 Å². The summed E-state index contributed by atoms with van der Waals surface area (Å²) in [5.74, 6) is 0.354. The molecule has 0 saturated carbocycles. The highest BCUT2D eigenvalue weighted by Gasteiger charge is 2.15. The molecule has 1 aromatic rings. The molecule has 0 bridgehead atoms. The number of aromatic nitrogens is 1. The molecule has 0 aromatic carbocycles. The summed E-state index contributed by atoms with van der Waals surface area (Å²) in [6.45, 7) is 11.2. The highest BCUT2D eigenvalue weighted by atomic mass is 16.1. The lowest BCUT2D eigenvalue weighted by molar-refractivity contribution is 0.0944. The fourth-order valence-electron chi connectivity index (χ4n) is 1.36. The van der Waals surface area contributed by atoms with Crippen LogP contribution in [0, 0.1) is 5.92 Å². The van der Waals surface area contributed by atoms with Crippen LogP contribution in [0.3, 0.4) is 0 Å². The van der Waals surface area contributed by atoms with Gasteiger partial charge in [0.15, 0.2) is 0 Å². The Morgan fingerprint density at radius 2 is 2.00 bits per heavy atom. The molecule has 3 heteroatoms. The van der Waals surface area contributed by atoms with Crippen LogP contribution in [0.2, 0.25) is 0 Å². The lowest BCUT2D eigenvalue weighted by atomic mass is 9.88. The van der Waals surface area contributed by atoms with Gasteiger partial charge >= 0.3 is 0 Å². The Kier molecular flexibility index (Phi) is 4.27. The summed E-state index contributed by atoms with van der Waals surface area (Å²) >= 11 is 0. The molecule has 0 spiro atoms. The maximum atomic E-state index is 11.7. The van der Waals surface area contributed by atoms with Crippen molar-refractivity contribution < 1.29 is 4.79 Å². The fraction of sp³-hybridized carbons (Fsp3) is 0.571. The number of carbonyl (C=O) groups is 1. The first-order valence-corrected chi connectivity index (χ1v) is 6.05. The van der Waals surface area contributed by atoms with Gasteiger partial charge in [0.2, 0.25) is 0 Å². The van der Waals surface area contributed by atoms with Gasteiger partial charge in [-0.1, -0.05) is 40.7 Å². The molecule has 1 amide bonds. The second-order valence-electron chi connectivity index (χ2n) is 5.79. The minimum Gasteiger partial charge on any atom is -0.350 e. The Morgan fingerprint density at radius 3 is 2.41 bits per heavy atom. The molecule has 1 heterocycles. The Balaban J connectivity index is 2.71. The summed E-state index contributed by atoms with van der Waals surface area (Å²) in [6, 6.07) is 3.76. The van der Waals surface area contributed by atoms with Crippen molar-refractivity contribution in [2.45, 2.75) is 40.0 Å². The van der Waals surface area contributed by atoms with Crippen molar-refractivity contribution in [1.82, 2.24) is 10.3 Å². The highest BCUT2D eigenvalue weighted by molar-refractivity contribution is 5.92. The van der Waals surface area contributed by atoms with Gasteiger partial charge in [-0.05, 0) is 23.0 Å². The van der Waals surface area contributed by atoms with E-state index in [1.807, 2.05) is 6.07 Å². The number of nitrogens with zero attached hydrogens (tertiary/aromatic N) is 1. The topological polar surface area (TPSA) is 42.0 Å². The molecule has 0 aliphatic carbocycles. The van der Waals surface area contributed by atoms with Gasteiger partial charge in [-0.2, -0.15) is 0 Å². The Hall–Kier alpha value is -1.38. The highest BCUT2D eigenvalue weighted by Crippen LogP contribution is 2.20. The molecule has 0 saturated heterocycles. The van der Waals surface area contributed by atoms with Gasteiger partial charge in [0, 0.05) is 12.7 Å². The minimum absolute atomic E-state index is 0.0694. The molecule has 0 atom stereocenters. The molecule has 1 aromatic heterocycles. The lowest BCUT2D eigenvalue weighted by Crippen LogP contribution is -2.28. The summed E-state index contributed by atoms with van der Waals surface area (Å²) in [7, 11) is 0. The maximum absolute atomic E-state index is 11.7. The predicted octanol–water partition coefficient (Wildman–Crippen LogP) is 2.76. The Labute approximate surface area is 104 Å². The van der Waals surface area contributed by atoms with Crippen LogP contribution in [-0.4, -0.2) is 17.4 Å². The third-order valence-corrected chi connectivity index (χ3v) is 2.53. The van der Waals surface area contributed by atoms with Crippen LogP contribution in [0.25, 0.3) is 0 Å². The number of hydrogen-bond donors (Lipinski definition) is 1. The van der Waals surface area contributed by atoms with Crippen LogP contribution in [0.4, 0.5) is 0 Å². The zero-order valence-electron chi connectivity index (χ0n) is 11.4. The van der Waals surface area contributed by atoms with Crippen molar-refractivity contribution in [3.05, 3.63) is 29.6 Å². The van der Waals surface area contributed by atoms with Crippen molar-refractivity contribution in [3.8, 4) is 0 Å². The van der Waals surface area contributed by atoms with E-state index in [1.54, 1.807) is 12.3 Å². The minimum atomic E-state index is -0.0980. The zero-order valence-corrected chi connectivity index (χ0v) is 11.4.